The first kappa shape index (κ1) is 13.5. The zero-order valence-electron chi connectivity index (χ0n) is 5.86. The second-order valence-electron chi connectivity index (χ2n) is 1.92. The molecule has 0 N–H and O–H groups in total. The van der Waals surface area contributed by atoms with Crippen LogP contribution in [0.5, 0.6) is 0 Å². The minimum atomic E-state index is -9.30. The molecule has 1 nitrogen and oxygen atoms in total. The van der Waals surface area contributed by atoms with Crippen molar-refractivity contribution < 1.29 is 33.7 Å². The molecule has 0 bridgehead atoms. The number of nitriles is 1. The number of nitrogens with zero attached hydrogens (tertiary/aromatic N) is 1. The van der Waals surface area contributed by atoms with Crippen molar-refractivity contribution in [3.05, 3.63) is 0 Å². The summed E-state index contributed by atoms with van der Waals surface area (Å²) in [7, 11) is 0. The van der Waals surface area contributed by atoms with Crippen molar-refractivity contribution in [3.63, 3.8) is 0 Å². The number of halogens is 5. The molecule has 11 heavy (non-hydrogen) atoms. The summed E-state index contributed by atoms with van der Waals surface area (Å²) in [5, 5.41) is 7.89. The second-order valence-corrected chi connectivity index (χ2v) is 6.51. The van der Waals surface area contributed by atoms with Crippen LogP contribution in [0.3, 0.4) is 0 Å². The van der Waals surface area contributed by atoms with Crippen LogP contribution in [-0.2, 0) is 18.5 Å². The average Bonchev–Trinajstić information content (AvgIpc) is 1.59. The Bertz CT molecular complexity index is 135. The van der Waals surface area contributed by atoms with Crippen molar-refractivity contribution in [3.8, 4) is 6.07 Å². The summed E-state index contributed by atoms with van der Waals surface area (Å²) >= 11 is -9.30. The Morgan fingerprint density at radius 3 is 1.18 bits per heavy atom. The summed E-state index contributed by atoms with van der Waals surface area (Å²) in [6.07, 6.45) is 0. The van der Waals surface area contributed by atoms with Gasteiger partial charge >= 0.3 is 33.7 Å². The Labute approximate surface area is 65.3 Å². The molecule has 0 aromatic rings. The number of rotatable bonds is 0. The topological polar surface area (TPSA) is 23.8 Å². The Morgan fingerprint density at radius 2 is 1.18 bits per heavy atom. The molecular formula is C4H7F5NTa. The van der Waals surface area contributed by atoms with Crippen molar-refractivity contribution in [2.45, 2.75) is 13.8 Å². The molecule has 0 aromatic carbocycles. The van der Waals surface area contributed by atoms with Gasteiger partial charge in [-0.05, 0) is 13.8 Å². The van der Waals surface area contributed by atoms with Crippen LogP contribution in [0.15, 0.2) is 0 Å². The third-order valence-electron chi connectivity index (χ3n) is 0.258. The van der Waals surface area contributed by atoms with Gasteiger partial charge in [0.25, 0.3) is 0 Å². The van der Waals surface area contributed by atoms with Crippen molar-refractivity contribution in [1.82, 2.24) is 0 Å². The molecule has 0 aliphatic rings. The van der Waals surface area contributed by atoms with E-state index in [1.165, 1.54) is 0 Å². The van der Waals surface area contributed by atoms with Crippen LogP contribution in [-0.4, -0.2) is 0 Å². The van der Waals surface area contributed by atoms with Crippen LogP contribution in [0.1, 0.15) is 13.8 Å². The van der Waals surface area contributed by atoms with Crippen LogP contribution in [0.4, 0.5) is 15.1 Å². The van der Waals surface area contributed by atoms with E-state index in [0.717, 1.165) is 0 Å². The minimum absolute atomic E-state index is 0.190. The molecule has 0 rings (SSSR count). The number of hydrogen-bond acceptors (Lipinski definition) is 1. The first-order valence-corrected chi connectivity index (χ1v) is 8.58. The third kappa shape index (κ3) is 174. The molecule has 0 radical (unpaired) electrons. The van der Waals surface area contributed by atoms with Crippen LogP contribution in [0.25, 0.3) is 0 Å². The van der Waals surface area contributed by atoms with Crippen LogP contribution in [0, 0.1) is 17.2 Å². The Balaban J connectivity index is 0. The fraction of sp³-hybridized carbons (Fsp3) is 0.750. The maximum absolute atomic E-state index is 9.92. The molecule has 0 spiro atoms. The third-order valence-corrected chi connectivity index (χ3v) is 0.258. The molecule has 0 fully saturated rings. The first-order valence-electron chi connectivity index (χ1n) is 2.51. The summed E-state index contributed by atoms with van der Waals surface area (Å²) in [4.78, 5) is 0. The van der Waals surface area contributed by atoms with Gasteiger partial charge in [-0.15, -0.1) is 0 Å². The van der Waals surface area contributed by atoms with E-state index in [1.54, 1.807) is 0 Å². The molecule has 0 aliphatic heterocycles. The number of hydrogen-bond donors (Lipinski definition) is 0. The Morgan fingerprint density at radius 1 is 1.09 bits per heavy atom. The molecule has 0 saturated carbocycles. The van der Waals surface area contributed by atoms with E-state index in [1.807, 2.05) is 19.9 Å². The zero-order valence-corrected chi connectivity index (χ0v) is 9.07. The van der Waals surface area contributed by atoms with E-state index in [9.17, 15) is 15.1 Å². The molecule has 0 unspecified atom stereocenters. The molecule has 0 atom stereocenters. The van der Waals surface area contributed by atoms with E-state index in [4.69, 9.17) is 5.26 Å². The van der Waals surface area contributed by atoms with Gasteiger partial charge in [-0.25, -0.2) is 0 Å². The van der Waals surface area contributed by atoms with Crippen LogP contribution in [0.2, 0.25) is 0 Å². The SMILES string of the molecule is CC(C)C#N.[F][Ta]([F])([F])([F])[F]. The fourth-order valence-corrected chi connectivity index (χ4v) is 0. The molecular weight excluding hydrogens is 338 g/mol. The summed E-state index contributed by atoms with van der Waals surface area (Å²) in [6.45, 7) is 3.72. The standard InChI is InChI=1S/C4H7N.5FH.Ta/c1-4(2)3-5;;;;;;/h4H,1-2H3;5*1H;/q;;;;;;+5/p-5. The zero-order chi connectivity index (χ0) is 9.73. The summed E-state index contributed by atoms with van der Waals surface area (Å²) < 4.78 is 49.6. The van der Waals surface area contributed by atoms with Crippen molar-refractivity contribution in [2.75, 3.05) is 0 Å². The normalized spacial score (nSPS) is 13.9. The molecule has 0 aromatic heterocycles. The monoisotopic (exact) mass is 345 g/mol. The van der Waals surface area contributed by atoms with Gasteiger partial charge < -0.3 is 0 Å². The van der Waals surface area contributed by atoms with Gasteiger partial charge in [-0.1, -0.05) is 0 Å². The van der Waals surface area contributed by atoms with Gasteiger partial charge in [0.2, 0.25) is 0 Å². The second kappa shape index (κ2) is 4.04. The van der Waals surface area contributed by atoms with Gasteiger partial charge in [-0.2, -0.15) is 5.26 Å². The maximum atomic E-state index is 9.92. The molecule has 0 saturated heterocycles. The van der Waals surface area contributed by atoms with Gasteiger partial charge in [0, 0.05) is 5.92 Å². The van der Waals surface area contributed by atoms with Crippen molar-refractivity contribution >= 4 is 0 Å². The molecule has 0 heterocycles. The van der Waals surface area contributed by atoms with E-state index >= 15 is 0 Å². The van der Waals surface area contributed by atoms with Crippen molar-refractivity contribution in [2.24, 2.45) is 5.92 Å². The van der Waals surface area contributed by atoms with E-state index in [-0.39, 0.29) is 5.92 Å². The summed E-state index contributed by atoms with van der Waals surface area (Å²) in [6, 6.07) is 2.03. The van der Waals surface area contributed by atoms with Crippen LogP contribution >= 0.6 is 0 Å². The average molecular weight is 345 g/mol. The van der Waals surface area contributed by atoms with E-state index in [0.29, 0.717) is 0 Å². The Hall–Kier alpha value is -0.120. The van der Waals surface area contributed by atoms with Gasteiger partial charge in [0.15, 0.2) is 0 Å². The summed E-state index contributed by atoms with van der Waals surface area (Å²) in [5.41, 5.74) is 0. The molecule has 0 aliphatic carbocycles. The predicted molar refractivity (Wildman–Crippen MR) is 26.0 cm³/mol. The predicted octanol–water partition coefficient (Wildman–Crippen LogP) is 3.26. The Kier molecular flexibility index (Phi) is 4.95. The quantitative estimate of drug-likeness (QED) is 0.619. The molecule has 68 valence electrons. The summed E-state index contributed by atoms with van der Waals surface area (Å²) in [5.74, 6) is 0.190. The first-order chi connectivity index (χ1) is 4.51. The van der Waals surface area contributed by atoms with E-state index < -0.39 is 18.5 Å². The van der Waals surface area contributed by atoms with E-state index in [2.05, 4.69) is 0 Å². The van der Waals surface area contributed by atoms with Gasteiger partial charge in [-0.3, -0.25) is 0 Å². The molecule has 0 amide bonds. The van der Waals surface area contributed by atoms with Crippen LogP contribution < -0.4 is 0 Å². The fourth-order valence-electron chi connectivity index (χ4n) is 0. The van der Waals surface area contributed by atoms with Gasteiger partial charge in [0.1, 0.15) is 0 Å². The molecule has 7 heteroatoms. The van der Waals surface area contributed by atoms with Crippen molar-refractivity contribution in [1.29, 1.82) is 5.26 Å². The van der Waals surface area contributed by atoms with Gasteiger partial charge in [0.05, 0.1) is 6.07 Å².